The maximum absolute atomic E-state index is 12.1. The van der Waals surface area contributed by atoms with Gasteiger partial charge in [0.05, 0.1) is 0 Å². The molecule has 0 radical (unpaired) electrons. The Labute approximate surface area is 123 Å². The van der Waals surface area contributed by atoms with Crippen LogP contribution < -0.4 is 4.74 Å². The van der Waals surface area contributed by atoms with Gasteiger partial charge in [0.2, 0.25) is 0 Å². The van der Waals surface area contributed by atoms with Gasteiger partial charge in [-0.05, 0) is 32.9 Å². The van der Waals surface area contributed by atoms with E-state index < -0.39 is 18.0 Å². The second-order valence-corrected chi connectivity index (χ2v) is 4.59. The summed E-state index contributed by atoms with van der Waals surface area (Å²) in [6, 6.07) is 6.52. The first-order chi connectivity index (χ1) is 9.85. The zero-order chi connectivity index (χ0) is 16.0. The number of benzene rings is 1. The lowest BCUT2D eigenvalue weighted by atomic mass is 10.1. The van der Waals surface area contributed by atoms with Crippen LogP contribution in [0.2, 0.25) is 0 Å². The van der Waals surface area contributed by atoms with E-state index in [-0.39, 0.29) is 18.9 Å². The molecule has 1 N–H and O–H groups in total. The van der Waals surface area contributed by atoms with Crippen LogP contribution in [0.15, 0.2) is 24.3 Å². The van der Waals surface area contributed by atoms with E-state index in [2.05, 4.69) is 0 Å². The smallest absolute Gasteiger partial charge is 0.323 e. The Morgan fingerprint density at radius 3 is 2.52 bits per heavy atom. The number of ether oxygens (including phenoxy) is 1. The number of ketones is 1. The minimum absolute atomic E-state index is 0.0968. The first-order valence-electron chi connectivity index (χ1n) is 6.63. The van der Waals surface area contributed by atoms with Crippen molar-refractivity contribution in [1.29, 1.82) is 0 Å². The van der Waals surface area contributed by atoms with E-state index in [4.69, 9.17) is 9.84 Å². The molecular weight excluding hydrogens is 274 g/mol. The Bertz CT molecular complexity index is 541. The van der Waals surface area contributed by atoms with Crippen molar-refractivity contribution in [2.75, 3.05) is 13.1 Å². The minimum atomic E-state index is -1.07. The van der Waals surface area contributed by atoms with Gasteiger partial charge in [-0.2, -0.15) is 0 Å². The predicted molar refractivity (Wildman–Crippen MR) is 76.4 cm³/mol. The van der Waals surface area contributed by atoms with Gasteiger partial charge in [0.25, 0.3) is 5.91 Å². The van der Waals surface area contributed by atoms with Crippen LogP contribution in [0.1, 0.15) is 31.1 Å². The molecule has 1 aromatic rings. The Kier molecular flexibility index (Phi) is 5.90. The number of carbonyl (C=O) groups is 3. The summed E-state index contributed by atoms with van der Waals surface area (Å²) < 4.78 is 5.49. The Morgan fingerprint density at radius 2 is 2.00 bits per heavy atom. The van der Waals surface area contributed by atoms with Gasteiger partial charge in [0.15, 0.2) is 11.9 Å². The van der Waals surface area contributed by atoms with Crippen molar-refractivity contribution >= 4 is 17.7 Å². The highest BCUT2D eigenvalue weighted by Crippen LogP contribution is 2.16. The molecule has 0 fully saturated rings. The van der Waals surface area contributed by atoms with Gasteiger partial charge < -0.3 is 14.7 Å². The molecule has 6 nitrogen and oxygen atoms in total. The number of Topliss-reactive ketones (excluding diaryl/α,β-unsaturated/α-hetero) is 1. The molecule has 0 aliphatic heterocycles. The number of carbonyl (C=O) groups excluding carboxylic acids is 2. The number of aliphatic carboxylic acids is 1. The summed E-state index contributed by atoms with van der Waals surface area (Å²) in [5.41, 5.74) is 0.491. The standard InChI is InChI=1S/C15H19NO5/c1-4-16(9-14(18)19)15(20)11(3)21-13-7-5-6-12(8-13)10(2)17/h5-8,11H,4,9H2,1-3H3,(H,18,19). The van der Waals surface area contributed by atoms with Crippen LogP contribution in [-0.4, -0.2) is 46.9 Å². The van der Waals surface area contributed by atoms with Gasteiger partial charge in [-0.1, -0.05) is 12.1 Å². The van der Waals surface area contributed by atoms with Crippen molar-refractivity contribution in [3.05, 3.63) is 29.8 Å². The maximum Gasteiger partial charge on any atom is 0.323 e. The van der Waals surface area contributed by atoms with Gasteiger partial charge in [-0.15, -0.1) is 0 Å². The van der Waals surface area contributed by atoms with E-state index in [0.29, 0.717) is 11.3 Å². The summed E-state index contributed by atoms with van der Waals surface area (Å²) in [6.45, 7) is 4.61. The van der Waals surface area contributed by atoms with Crippen LogP contribution in [0.3, 0.4) is 0 Å². The Hall–Kier alpha value is -2.37. The maximum atomic E-state index is 12.1. The van der Waals surface area contributed by atoms with Gasteiger partial charge >= 0.3 is 5.97 Å². The Balaban J connectivity index is 2.77. The van der Waals surface area contributed by atoms with E-state index in [1.165, 1.54) is 11.8 Å². The Morgan fingerprint density at radius 1 is 1.33 bits per heavy atom. The number of carboxylic acid groups (broad SMARTS) is 1. The van der Waals surface area contributed by atoms with Crippen molar-refractivity contribution in [2.24, 2.45) is 0 Å². The summed E-state index contributed by atoms with van der Waals surface area (Å²) >= 11 is 0. The van der Waals surface area contributed by atoms with Crippen LogP contribution in [0, 0.1) is 0 Å². The molecule has 0 saturated carbocycles. The SMILES string of the molecule is CCN(CC(=O)O)C(=O)C(C)Oc1cccc(C(C)=O)c1. The van der Waals surface area contributed by atoms with E-state index in [9.17, 15) is 14.4 Å². The molecule has 0 aliphatic carbocycles. The van der Waals surface area contributed by atoms with Crippen molar-refractivity contribution < 1.29 is 24.2 Å². The van der Waals surface area contributed by atoms with Crippen LogP contribution in [0.4, 0.5) is 0 Å². The molecule has 21 heavy (non-hydrogen) atoms. The third-order valence-electron chi connectivity index (χ3n) is 2.92. The third kappa shape index (κ3) is 4.91. The number of rotatable bonds is 7. The van der Waals surface area contributed by atoms with Crippen LogP contribution in [0.5, 0.6) is 5.75 Å². The van der Waals surface area contributed by atoms with Crippen molar-refractivity contribution in [2.45, 2.75) is 26.9 Å². The molecule has 114 valence electrons. The number of hydrogen-bond acceptors (Lipinski definition) is 4. The van der Waals surface area contributed by atoms with Crippen molar-refractivity contribution in [3.8, 4) is 5.75 Å². The number of hydrogen-bond donors (Lipinski definition) is 1. The third-order valence-corrected chi connectivity index (χ3v) is 2.92. The number of carboxylic acids is 1. The molecule has 1 aromatic carbocycles. The number of nitrogens with zero attached hydrogens (tertiary/aromatic N) is 1. The molecule has 0 heterocycles. The van der Waals surface area contributed by atoms with Gasteiger partial charge in [0, 0.05) is 12.1 Å². The summed E-state index contributed by atoms with van der Waals surface area (Å²) in [4.78, 5) is 35.3. The lowest BCUT2D eigenvalue weighted by Gasteiger charge is -2.23. The molecule has 0 spiro atoms. The predicted octanol–water partition coefficient (Wildman–Crippen LogP) is 1.59. The van der Waals surface area contributed by atoms with Gasteiger partial charge in [0.1, 0.15) is 12.3 Å². The topological polar surface area (TPSA) is 83.9 Å². The molecule has 1 atom stereocenters. The minimum Gasteiger partial charge on any atom is -0.481 e. The van der Waals surface area contributed by atoms with Crippen LogP contribution >= 0.6 is 0 Å². The summed E-state index contributed by atoms with van der Waals surface area (Å²) in [7, 11) is 0. The second kappa shape index (κ2) is 7.42. The molecular formula is C15H19NO5. The molecule has 1 amide bonds. The first kappa shape index (κ1) is 16.7. The first-order valence-corrected chi connectivity index (χ1v) is 6.63. The van der Waals surface area contributed by atoms with Crippen molar-refractivity contribution in [3.63, 3.8) is 0 Å². The zero-order valence-corrected chi connectivity index (χ0v) is 12.3. The average Bonchev–Trinajstić information content (AvgIpc) is 2.43. The molecule has 1 unspecified atom stereocenters. The largest absolute Gasteiger partial charge is 0.481 e. The molecule has 1 rings (SSSR count). The van der Waals surface area contributed by atoms with E-state index in [1.54, 1.807) is 38.1 Å². The normalized spacial score (nSPS) is 11.6. The van der Waals surface area contributed by atoms with Gasteiger partial charge in [-0.25, -0.2) is 0 Å². The second-order valence-electron chi connectivity index (χ2n) is 4.59. The summed E-state index contributed by atoms with van der Waals surface area (Å²) in [5.74, 6) is -1.18. The molecule has 0 aromatic heterocycles. The van der Waals surface area contributed by atoms with Crippen LogP contribution in [0.25, 0.3) is 0 Å². The molecule has 6 heteroatoms. The lowest BCUT2D eigenvalue weighted by molar-refractivity contribution is -0.147. The highest BCUT2D eigenvalue weighted by atomic mass is 16.5. The fourth-order valence-electron chi connectivity index (χ4n) is 1.81. The highest BCUT2D eigenvalue weighted by Gasteiger charge is 2.22. The van der Waals surface area contributed by atoms with E-state index in [0.717, 1.165) is 0 Å². The van der Waals surface area contributed by atoms with Crippen molar-refractivity contribution in [1.82, 2.24) is 4.90 Å². The number of likely N-dealkylation sites (N-methyl/N-ethyl adjacent to an activating group) is 1. The van der Waals surface area contributed by atoms with Crippen LogP contribution in [-0.2, 0) is 9.59 Å². The average molecular weight is 293 g/mol. The quantitative estimate of drug-likeness (QED) is 0.772. The molecule has 0 saturated heterocycles. The molecule has 0 aliphatic rings. The summed E-state index contributed by atoms with van der Waals surface area (Å²) in [5, 5.41) is 8.76. The lowest BCUT2D eigenvalue weighted by Crippen LogP contribution is -2.43. The fourth-order valence-corrected chi connectivity index (χ4v) is 1.81. The van der Waals surface area contributed by atoms with E-state index >= 15 is 0 Å². The molecule has 0 bridgehead atoms. The van der Waals surface area contributed by atoms with E-state index in [1.807, 2.05) is 0 Å². The number of amides is 1. The zero-order valence-electron chi connectivity index (χ0n) is 12.3. The fraction of sp³-hybridized carbons (Fsp3) is 0.400. The monoisotopic (exact) mass is 293 g/mol. The van der Waals surface area contributed by atoms with Gasteiger partial charge in [-0.3, -0.25) is 14.4 Å². The highest BCUT2D eigenvalue weighted by molar-refractivity contribution is 5.94. The summed E-state index contributed by atoms with van der Waals surface area (Å²) in [6.07, 6.45) is -0.827.